The monoisotopic (exact) mass is 304 g/mol. The normalized spacial score (nSPS) is 11.0. The van der Waals surface area contributed by atoms with Crippen LogP contribution in [0.5, 0.6) is 0 Å². The zero-order valence-electron chi connectivity index (χ0n) is 11.3. The molecule has 3 rings (SSSR count). The van der Waals surface area contributed by atoms with Crippen LogP contribution in [0.3, 0.4) is 0 Å². The van der Waals surface area contributed by atoms with Gasteiger partial charge in [-0.05, 0) is 31.2 Å². The highest BCUT2D eigenvalue weighted by molar-refractivity contribution is 6.31. The number of nitrogens with zero attached hydrogens (tertiary/aromatic N) is 3. The highest BCUT2D eigenvalue weighted by Crippen LogP contribution is 2.19. The summed E-state index contributed by atoms with van der Waals surface area (Å²) in [6.07, 6.45) is 1.61. The van der Waals surface area contributed by atoms with E-state index in [1.165, 1.54) is 4.57 Å². The van der Waals surface area contributed by atoms with Crippen LogP contribution < -0.4 is 11.1 Å². The van der Waals surface area contributed by atoms with Crippen molar-refractivity contribution < 1.29 is 4.42 Å². The summed E-state index contributed by atoms with van der Waals surface area (Å²) in [6, 6.07) is 6.96. The molecule has 3 aromatic heterocycles. The second kappa shape index (κ2) is 5.57. The summed E-state index contributed by atoms with van der Waals surface area (Å²) < 4.78 is 6.56. The Morgan fingerprint density at radius 1 is 1.38 bits per heavy atom. The number of nitrogens with one attached hydrogen (secondary N) is 1. The highest BCUT2D eigenvalue weighted by Gasteiger charge is 2.13. The minimum atomic E-state index is -0.476. The van der Waals surface area contributed by atoms with Gasteiger partial charge in [-0.15, -0.1) is 0 Å². The van der Waals surface area contributed by atoms with E-state index in [-0.39, 0.29) is 6.54 Å². The standard InChI is InChI=1S/C14H13ClN4O2/c1-2-16-12-6-5-9(15)10(18-12)8-19-13-11(21-14(19)20)4-3-7-17-13/h3-7H,2,8H2,1H3,(H,16,18). The van der Waals surface area contributed by atoms with Crippen LogP contribution >= 0.6 is 11.6 Å². The largest absolute Gasteiger partial charge is 0.421 e. The number of fused-ring (bicyclic) bond motifs is 1. The second-order valence-corrected chi connectivity index (χ2v) is 4.84. The lowest BCUT2D eigenvalue weighted by molar-refractivity contribution is 0.516. The van der Waals surface area contributed by atoms with E-state index < -0.39 is 5.76 Å². The van der Waals surface area contributed by atoms with Crippen molar-refractivity contribution in [2.24, 2.45) is 0 Å². The molecule has 6 nitrogen and oxygen atoms in total. The maximum atomic E-state index is 11.9. The third-order valence-electron chi connectivity index (χ3n) is 3.01. The molecule has 21 heavy (non-hydrogen) atoms. The lowest BCUT2D eigenvalue weighted by Gasteiger charge is -2.07. The van der Waals surface area contributed by atoms with Crippen LogP contribution in [0.2, 0.25) is 5.02 Å². The predicted octanol–water partition coefficient (Wildman–Crippen LogP) is 2.52. The Bertz CT molecular complexity index is 840. The van der Waals surface area contributed by atoms with Gasteiger partial charge in [-0.25, -0.2) is 14.8 Å². The summed E-state index contributed by atoms with van der Waals surface area (Å²) in [5.41, 5.74) is 1.52. The third-order valence-corrected chi connectivity index (χ3v) is 3.35. The van der Waals surface area contributed by atoms with Gasteiger partial charge >= 0.3 is 5.76 Å². The Labute approximate surface area is 125 Å². The smallest absolute Gasteiger partial charge is 0.406 e. The molecule has 0 bridgehead atoms. The van der Waals surface area contributed by atoms with E-state index in [2.05, 4.69) is 15.3 Å². The van der Waals surface area contributed by atoms with E-state index in [4.69, 9.17) is 16.0 Å². The van der Waals surface area contributed by atoms with Gasteiger partial charge in [0, 0.05) is 12.7 Å². The molecule has 0 saturated carbocycles. The van der Waals surface area contributed by atoms with Gasteiger partial charge in [0.05, 0.1) is 17.3 Å². The van der Waals surface area contributed by atoms with Crippen LogP contribution in [0.4, 0.5) is 5.82 Å². The number of anilines is 1. The lowest BCUT2D eigenvalue weighted by atomic mass is 10.3. The zero-order chi connectivity index (χ0) is 14.8. The molecule has 0 spiro atoms. The van der Waals surface area contributed by atoms with Crippen molar-refractivity contribution >= 4 is 28.6 Å². The Morgan fingerprint density at radius 2 is 2.24 bits per heavy atom. The Kier molecular flexibility index (Phi) is 3.62. The number of hydrogen-bond donors (Lipinski definition) is 1. The number of rotatable bonds is 4. The SMILES string of the molecule is CCNc1ccc(Cl)c(Cn2c(=O)oc3cccnc32)n1. The molecule has 0 aliphatic heterocycles. The molecule has 0 atom stereocenters. The van der Waals surface area contributed by atoms with Crippen molar-refractivity contribution in [1.82, 2.24) is 14.5 Å². The van der Waals surface area contributed by atoms with Crippen LogP contribution in [-0.4, -0.2) is 21.1 Å². The van der Waals surface area contributed by atoms with Gasteiger partial charge in [0.1, 0.15) is 5.82 Å². The fraction of sp³-hybridized carbons (Fsp3) is 0.214. The first kappa shape index (κ1) is 13.6. The van der Waals surface area contributed by atoms with Crippen LogP contribution in [0, 0.1) is 0 Å². The molecule has 0 aliphatic carbocycles. The van der Waals surface area contributed by atoms with Gasteiger partial charge in [0.15, 0.2) is 11.2 Å². The van der Waals surface area contributed by atoms with E-state index in [1.54, 1.807) is 30.5 Å². The predicted molar refractivity (Wildman–Crippen MR) is 80.8 cm³/mol. The molecule has 0 aliphatic rings. The summed E-state index contributed by atoms with van der Waals surface area (Å²) >= 11 is 6.16. The molecular weight excluding hydrogens is 292 g/mol. The van der Waals surface area contributed by atoms with Gasteiger partial charge < -0.3 is 9.73 Å². The van der Waals surface area contributed by atoms with E-state index in [0.29, 0.717) is 27.8 Å². The Balaban J connectivity index is 2.04. The number of halogens is 1. The molecule has 108 valence electrons. The van der Waals surface area contributed by atoms with Crippen molar-refractivity contribution in [3.8, 4) is 0 Å². The molecule has 3 aromatic rings. The summed E-state index contributed by atoms with van der Waals surface area (Å²) in [5.74, 6) is 0.237. The molecule has 0 radical (unpaired) electrons. The van der Waals surface area contributed by atoms with Crippen LogP contribution in [-0.2, 0) is 6.54 Å². The van der Waals surface area contributed by atoms with Crippen molar-refractivity contribution in [3.05, 3.63) is 51.7 Å². The fourth-order valence-electron chi connectivity index (χ4n) is 2.06. The summed E-state index contributed by atoms with van der Waals surface area (Å²) in [5, 5.41) is 3.60. The Hall–Kier alpha value is -2.34. The van der Waals surface area contributed by atoms with E-state index in [1.807, 2.05) is 6.92 Å². The average Bonchev–Trinajstić information content (AvgIpc) is 2.79. The maximum Gasteiger partial charge on any atom is 0.421 e. The molecule has 3 heterocycles. The van der Waals surface area contributed by atoms with E-state index in [0.717, 1.165) is 6.54 Å². The average molecular weight is 305 g/mol. The first-order valence-corrected chi connectivity index (χ1v) is 6.90. The van der Waals surface area contributed by atoms with Gasteiger partial charge in [0.25, 0.3) is 0 Å². The molecule has 0 amide bonds. The Morgan fingerprint density at radius 3 is 3.05 bits per heavy atom. The molecule has 0 fully saturated rings. The minimum Gasteiger partial charge on any atom is -0.406 e. The first-order chi connectivity index (χ1) is 10.2. The van der Waals surface area contributed by atoms with Crippen molar-refractivity contribution in [2.75, 3.05) is 11.9 Å². The van der Waals surface area contributed by atoms with Crippen molar-refractivity contribution in [2.45, 2.75) is 13.5 Å². The number of hydrogen-bond acceptors (Lipinski definition) is 5. The zero-order valence-corrected chi connectivity index (χ0v) is 12.1. The molecule has 1 N–H and O–H groups in total. The maximum absolute atomic E-state index is 11.9. The highest BCUT2D eigenvalue weighted by atomic mass is 35.5. The van der Waals surface area contributed by atoms with Gasteiger partial charge in [-0.2, -0.15) is 0 Å². The molecule has 0 saturated heterocycles. The van der Waals surface area contributed by atoms with Gasteiger partial charge in [-0.1, -0.05) is 11.6 Å². The molecule has 0 unspecified atom stereocenters. The second-order valence-electron chi connectivity index (χ2n) is 4.43. The van der Waals surface area contributed by atoms with E-state index in [9.17, 15) is 4.79 Å². The molecule has 0 aromatic carbocycles. The number of oxazole rings is 1. The van der Waals surface area contributed by atoms with Gasteiger partial charge in [0.2, 0.25) is 0 Å². The summed E-state index contributed by atoms with van der Waals surface area (Å²) in [4.78, 5) is 20.5. The quantitative estimate of drug-likeness (QED) is 0.802. The van der Waals surface area contributed by atoms with Crippen LogP contribution in [0.15, 0.2) is 39.7 Å². The topological polar surface area (TPSA) is 73.0 Å². The van der Waals surface area contributed by atoms with Crippen LogP contribution in [0.1, 0.15) is 12.6 Å². The summed E-state index contributed by atoms with van der Waals surface area (Å²) in [6.45, 7) is 2.94. The first-order valence-electron chi connectivity index (χ1n) is 6.52. The van der Waals surface area contributed by atoms with Crippen molar-refractivity contribution in [3.63, 3.8) is 0 Å². The lowest BCUT2D eigenvalue weighted by Crippen LogP contribution is -2.17. The minimum absolute atomic E-state index is 0.209. The number of pyridine rings is 2. The molecular formula is C14H13ClN4O2. The van der Waals surface area contributed by atoms with E-state index >= 15 is 0 Å². The van der Waals surface area contributed by atoms with Crippen LogP contribution in [0.25, 0.3) is 11.2 Å². The van der Waals surface area contributed by atoms with Crippen molar-refractivity contribution in [1.29, 1.82) is 0 Å². The third kappa shape index (κ3) is 2.62. The van der Waals surface area contributed by atoms with Gasteiger partial charge in [-0.3, -0.25) is 4.57 Å². The number of aromatic nitrogens is 3. The molecule has 7 heteroatoms. The summed E-state index contributed by atoms with van der Waals surface area (Å²) in [7, 11) is 0. The fourth-order valence-corrected chi connectivity index (χ4v) is 2.23.